The molecule has 3 nitrogen and oxygen atoms in total. The van der Waals surface area contributed by atoms with Gasteiger partial charge in [-0.25, -0.2) is 0 Å². The fourth-order valence-corrected chi connectivity index (χ4v) is 3.85. The first-order chi connectivity index (χ1) is 11.0. The summed E-state index contributed by atoms with van der Waals surface area (Å²) in [4.78, 5) is 8.26. The lowest BCUT2D eigenvalue weighted by Gasteiger charge is -2.27. The van der Waals surface area contributed by atoms with Crippen LogP contribution < -0.4 is 5.32 Å². The maximum absolute atomic E-state index is 4.48. The van der Waals surface area contributed by atoms with E-state index < -0.39 is 0 Å². The first kappa shape index (κ1) is 22.0. The van der Waals surface area contributed by atoms with Crippen LogP contribution in [0.4, 0.5) is 0 Å². The van der Waals surface area contributed by atoms with Gasteiger partial charge in [-0.3, -0.25) is 4.99 Å². The van der Waals surface area contributed by atoms with Gasteiger partial charge in [0.05, 0.1) is 0 Å². The van der Waals surface area contributed by atoms with Crippen molar-refractivity contribution in [1.82, 2.24) is 10.2 Å². The van der Waals surface area contributed by atoms with Crippen molar-refractivity contribution in [3.05, 3.63) is 30.3 Å². The number of hydrogen-bond acceptors (Lipinski definition) is 3. The molecule has 1 aromatic carbocycles. The van der Waals surface area contributed by atoms with Crippen LogP contribution in [-0.4, -0.2) is 54.3 Å². The number of aliphatic imine (C=N–C) groups is 1. The number of guanidine groups is 1. The molecule has 6 heteroatoms. The van der Waals surface area contributed by atoms with E-state index in [0.717, 1.165) is 31.5 Å². The minimum atomic E-state index is 0. The van der Waals surface area contributed by atoms with Crippen LogP contribution in [0.2, 0.25) is 0 Å². The lowest BCUT2D eigenvalue weighted by molar-refractivity contribution is 0.470. The van der Waals surface area contributed by atoms with E-state index >= 15 is 0 Å². The van der Waals surface area contributed by atoms with Crippen molar-refractivity contribution in [1.29, 1.82) is 0 Å². The van der Waals surface area contributed by atoms with E-state index in [1.807, 2.05) is 30.6 Å². The average molecular weight is 479 g/mol. The van der Waals surface area contributed by atoms with Gasteiger partial charge in [-0.1, -0.05) is 18.2 Å². The molecule has 0 saturated carbocycles. The Balaban J connectivity index is 0.00000288. The van der Waals surface area contributed by atoms with Gasteiger partial charge >= 0.3 is 0 Å². The van der Waals surface area contributed by atoms with E-state index in [4.69, 9.17) is 0 Å². The maximum atomic E-state index is 4.48. The van der Waals surface area contributed by atoms with Gasteiger partial charge in [0.15, 0.2) is 5.96 Å². The number of nitrogens with one attached hydrogen (secondary N) is 1. The Morgan fingerprint density at radius 3 is 2.67 bits per heavy atom. The molecule has 1 heterocycles. The molecule has 1 fully saturated rings. The molecule has 0 aromatic heterocycles. The fraction of sp³-hybridized carbons (Fsp3) is 0.611. The van der Waals surface area contributed by atoms with E-state index in [0.29, 0.717) is 0 Å². The Bertz CT molecular complexity index is 508. The Morgan fingerprint density at radius 2 is 2.04 bits per heavy atom. The topological polar surface area (TPSA) is 27.6 Å². The molecule has 0 aliphatic carbocycles. The zero-order chi connectivity index (χ0) is 16.7. The highest BCUT2D eigenvalue weighted by molar-refractivity contribution is 14.0. The Labute approximate surface area is 172 Å². The molecule has 1 saturated heterocycles. The Kier molecular flexibility index (Phi) is 9.89. The molecule has 1 aromatic rings. The molecular weight excluding hydrogens is 449 g/mol. The second-order valence-electron chi connectivity index (χ2n) is 6.59. The monoisotopic (exact) mass is 479 g/mol. The van der Waals surface area contributed by atoms with Crippen molar-refractivity contribution < 1.29 is 0 Å². The Hall–Kier alpha value is -0.0800. The molecule has 1 aliphatic heterocycles. The molecular formula is C18H30IN3S2. The first-order valence-corrected chi connectivity index (χ1v) is 10.4. The number of benzene rings is 1. The van der Waals surface area contributed by atoms with Crippen molar-refractivity contribution in [2.75, 3.05) is 38.7 Å². The molecule has 0 amide bonds. The highest BCUT2D eigenvalue weighted by Gasteiger charge is 2.26. The normalized spacial score (nSPS) is 18.4. The van der Waals surface area contributed by atoms with Crippen molar-refractivity contribution in [2.24, 2.45) is 10.9 Å². The van der Waals surface area contributed by atoms with Crippen LogP contribution in [0.25, 0.3) is 0 Å². The molecule has 1 atom stereocenters. The van der Waals surface area contributed by atoms with Gasteiger partial charge < -0.3 is 10.2 Å². The zero-order valence-electron chi connectivity index (χ0n) is 15.1. The second kappa shape index (κ2) is 10.8. The number of thioether (sulfide) groups is 2. The van der Waals surface area contributed by atoms with Crippen LogP contribution in [0.15, 0.2) is 40.2 Å². The summed E-state index contributed by atoms with van der Waals surface area (Å²) in [6, 6.07) is 10.7. The van der Waals surface area contributed by atoms with Crippen LogP contribution in [0.3, 0.4) is 0 Å². The van der Waals surface area contributed by atoms with Gasteiger partial charge in [-0.05, 0) is 44.6 Å². The summed E-state index contributed by atoms with van der Waals surface area (Å²) in [5.41, 5.74) is 0. The summed E-state index contributed by atoms with van der Waals surface area (Å²) in [6.45, 7) is 7.70. The van der Waals surface area contributed by atoms with Gasteiger partial charge in [-0.15, -0.1) is 35.7 Å². The smallest absolute Gasteiger partial charge is 0.193 e. The van der Waals surface area contributed by atoms with Gasteiger partial charge in [0, 0.05) is 42.1 Å². The van der Waals surface area contributed by atoms with E-state index in [-0.39, 0.29) is 28.7 Å². The van der Waals surface area contributed by atoms with Gasteiger partial charge in [0.25, 0.3) is 0 Å². The highest BCUT2D eigenvalue weighted by atomic mass is 127. The lowest BCUT2D eigenvalue weighted by Crippen LogP contribution is -2.44. The summed E-state index contributed by atoms with van der Waals surface area (Å²) >= 11 is 3.86. The SMILES string of the molecule is CN=C(NCC(C)(C)SC)N1CCC(CSc2ccccc2)C1.I. The molecule has 1 aliphatic rings. The number of hydrogen-bond donors (Lipinski definition) is 1. The third-order valence-electron chi connectivity index (χ3n) is 4.25. The lowest BCUT2D eigenvalue weighted by atomic mass is 10.2. The van der Waals surface area contributed by atoms with Crippen molar-refractivity contribution in [3.63, 3.8) is 0 Å². The number of rotatable bonds is 6. The molecule has 136 valence electrons. The third kappa shape index (κ3) is 7.04. The average Bonchev–Trinajstić information content (AvgIpc) is 3.03. The summed E-state index contributed by atoms with van der Waals surface area (Å²) in [5, 5.41) is 3.55. The molecule has 2 rings (SSSR count). The van der Waals surface area contributed by atoms with E-state index in [1.165, 1.54) is 17.1 Å². The number of likely N-dealkylation sites (tertiary alicyclic amines) is 1. The van der Waals surface area contributed by atoms with Crippen LogP contribution in [0.5, 0.6) is 0 Å². The summed E-state index contributed by atoms with van der Waals surface area (Å²) in [7, 11) is 1.89. The molecule has 0 spiro atoms. The predicted molar refractivity (Wildman–Crippen MR) is 121 cm³/mol. The predicted octanol–water partition coefficient (Wildman–Crippen LogP) is 4.44. The molecule has 0 radical (unpaired) electrons. The third-order valence-corrected chi connectivity index (χ3v) is 6.74. The van der Waals surface area contributed by atoms with E-state index in [9.17, 15) is 0 Å². The van der Waals surface area contributed by atoms with Crippen LogP contribution in [0, 0.1) is 5.92 Å². The minimum absolute atomic E-state index is 0. The number of halogens is 1. The van der Waals surface area contributed by atoms with Gasteiger partial charge in [0.2, 0.25) is 0 Å². The van der Waals surface area contributed by atoms with Crippen LogP contribution in [0.1, 0.15) is 20.3 Å². The molecule has 1 unspecified atom stereocenters. The number of nitrogens with zero attached hydrogens (tertiary/aromatic N) is 2. The maximum Gasteiger partial charge on any atom is 0.193 e. The highest BCUT2D eigenvalue weighted by Crippen LogP contribution is 2.26. The molecule has 1 N–H and O–H groups in total. The van der Waals surface area contributed by atoms with Crippen LogP contribution in [-0.2, 0) is 0 Å². The van der Waals surface area contributed by atoms with Gasteiger partial charge in [-0.2, -0.15) is 11.8 Å². The second-order valence-corrected chi connectivity index (χ2v) is 9.20. The molecule has 0 bridgehead atoms. The van der Waals surface area contributed by atoms with Crippen molar-refractivity contribution >= 4 is 53.5 Å². The minimum Gasteiger partial charge on any atom is -0.355 e. The zero-order valence-corrected chi connectivity index (χ0v) is 19.1. The Morgan fingerprint density at radius 1 is 1.33 bits per heavy atom. The van der Waals surface area contributed by atoms with Gasteiger partial charge in [0.1, 0.15) is 0 Å². The quantitative estimate of drug-likeness (QED) is 0.283. The summed E-state index contributed by atoms with van der Waals surface area (Å²) in [5.74, 6) is 2.99. The fourth-order valence-electron chi connectivity index (χ4n) is 2.59. The summed E-state index contributed by atoms with van der Waals surface area (Å²) in [6.07, 6.45) is 3.42. The van der Waals surface area contributed by atoms with Crippen LogP contribution >= 0.6 is 47.5 Å². The largest absolute Gasteiger partial charge is 0.355 e. The first-order valence-electron chi connectivity index (χ1n) is 8.22. The van der Waals surface area contributed by atoms with Crippen molar-refractivity contribution in [2.45, 2.75) is 29.9 Å². The standard InChI is InChI=1S/C18H29N3S2.HI/c1-18(2,22-4)14-20-17(19-3)21-11-10-15(12-21)13-23-16-8-6-5-7-9-16;/h5-9,15H,10-14H2,1-4H3,(H,19,20);1H. The summed E-state index contributed by atoms with van der Waals surface area (Å²) < 4.78 is 0.234. The van der Waals surface area contributed by atoms with Crippen molar-refractivity contribution in [3.8, 4) is 0 Å². The molecule has 24 heavy (non-hydrogen) atoms. The van der Waals surface area contributed by atoms with E-state index in [1.54, 1.807) is 0 Å². The van der Waals surface area contributed by atoms with E-state index in [2.05, 4.69) is 65.6 Å².